The molecule has 0 unspecified atom stereocenters. The second-order valence-electron chi connectivity index (χ2n) is 3.87. The van der Waals surface area contributed by atoms with Gasteiger partial charge in [0.25, 0.3) is 0 Å². The molecule has 1 aromatic carbocycles. The molecule has 0 spiro atoms. The van der Waals surface area contributed by atoms with Crippen molar-refractivity contribution in [2.45, 2.75) is 25.9 Å². The van der Waals surface area contributed by atoms with Crippen molar-refractivity contribution < 1.29 is 23.4 Å². The predicted molar refractivity (Wildman–Crippen MR) is 75.4 cm³/mol. The zero-order valence-corrected chi connectivity index (χ0v) is 12.7. The van der Waals surface area contributed by atoms with Crippen LogP contribution in [-0.2, 0) is 4.79 Å². The number of carbonyl (C=O) groups excluding carboxylic acids is 1. The SMILES string of the molecule is O=C(CCCCO)Nc1cc(Cl)cc(Br)c1OC(F)F. The molecule has 0 radical (unpaired) electrons. The number of amides is 1. The summed E-state index contributed by atoms with van der Waals surface area (Å²) in [6.45, 7) is -3.02. The van der Waals surface area contributed by atoms with Crippen LogP contribution in [-0.4, -0.2) is 24.2 Å². The Morgan fingerprint density at radius 2 is 2.15 bits per heavy atom. The summed E-state index contributed by atoms with van der Waals surface area (Å²) in [5.74, 6) is -0.549. The lowest BCUT2D eigenvalue weighted by Crippen LogP contribution is -2.14. The number of aliphatic hydroxyl groups excluding tert-OH is 1. The first-order valence-electron chi connectivity index (χ1n) is 5.78. The second-order valence-corrected chi connectivity index (χ2v) is 5.16. The molecule has 0 aliphatic rings. The van der Waals surface area contributed by atoms with Crippen LogP contribution in [0.3, 0.4) is 0 Å². The summed E-state index contributed by atoms with van der Waals surface area (Å²) in [5.41, 5.74) is 0.0682. The van der Waals surface area contributed by atoms with Gasteiger partial charge in [-0.25, -0.2) is 0 Å². The van der Waals surface area contributed by atoms with Gasteiger partial charge in [-0.15, -0.1) is 0 Å². The smallest absolute Gasteiger partial charge is 0.387 e. The highest BCUT2D eigenvalue weighted by Gasteiger charge is 2.16. The predicted octanol–water partition coefficient (Wildman–Crippen LogP) is 3.81. The van der Waals surface area contributed by atoms with E-state index in [0.29, 0.717) is 12.8 Å². The quantitative estimate of drug-likeness (QED) is 0.716. The number of hydrogen-bond donors (Lipinski definition) is 2. The highest BCUT2D eigenvalue weighted by molar-refractivity contribution is 9.10. The number of carbonyl (C=O) groups is 1. The summed E-state index contributed by atoms with van der Waals surface area (Å²) in [4.78, 5) is 11.7. The van der Waals surface area contributed by atoms with E-state index in [2.05, 4.69) is 26.0 Å². The molecule has 0 saturated carbocycles. The maximum atomic E-state index is 12.4. The topological polar surface area (TPSA) is 58.6 Å². The van der Waals surface area contributed by atoms with Gasteiger partial charge in [0, 0.05) is 18.1 Å². The Morgan fingerprint density at radius 1 is 1.45 bits per heavy atom. The number of nitrogens with one attached hydrogen (secondary N) is 1. The molecule has 1 amide bonds. The first-order chi connectivity index (χ1) is 9.43. The normalized spacial score (nSPS) is 10.7. The van der Waals surface area contributed by atoms with E-state index < -0.39 is 6.61 Å². The highest BCUT2D eigenvalue weighted by Crippen LogP contribution is 2.37. The maximum Gasteiger partial charge on any atom is 0.387 e. The largest absolute Gasteiger partial charge is 0.431 e. The van der Waals surface area contributed by atoms with E-state index in [1.54, 1.807) is 0 Å². The van der Waals surface area contributed by atoms with Crippen LogP contribution in [0.5, 0.6) is 5.75 Å². The lowest BCUT2D eigenvalue weighted by molar-refractivity contribution is -0.116. The number of anilines is 1. The van der Waals surface area contributed by atoms with Crippen molar-refractivity contribution in [2.24, 2.45) is 0 Å². The fraction of sp³-hybridized carbons (Fsp3) is 0.417. The van der Waals surface area contributed by atoms with Crippen molar-refractivity contribution >= 4 is 39.1 Å². The third-order valence-corrected chi connectivity index (χ3v) is 3.11. The molecule has 0 bridgehead atoms. The van der Waals surface area contributed by atoms with Crippen molar-refractivity contribution in [3.63, 3.8) is 0 Å². The molecular weight excluding hydrogens is 359 g/mol. The number of benzene rings is 1. The number of halogens is 4. The monoisotopic (exact) mass is 371 g/mol. The van der Waals surface area contributed by atoms with Crippen LogP contribution in [0.2, 0.25) is 5.02 Å². The highest BCUT2D eigenvalue weighted by atomic mass is 79.9. The van der Waals surface area contributed by atoms with Gasteiger partial charge in [-0.2, -0.15) is 8.78 Å². The minimum absolute atomic E-state index is 0.00423. The standard InChI is InChI=1S/C12H13BrClF2NO3/c13-8-5-7(14)6-9(11(8)20-12(15)16)17-10(19)3-1-2-4-18/h5-6,12,18H,1-4H2,(H,17,19). The van der Waals surface area contributed by atoms with Gasteiger partial charge in [-0.1, -0.05) is 11.6 Å². The summed E-state index contributed by atoms with van der Waals surface area (Å²) in [6.07, 6.45) is 1.15. The van der Waals surface area contributed by atoms with Crippen molar-refractivity contribution in [3.8, 4) is 5.75 Å². The Labute approximate surface area is 128 Å². The average molecular weight is 373 g/mol. The first-order valence-corrected chi connectivity index (χ1v) is 6.95. The summed E-state index contributed by atoms with van der Waals surface area (Å²) in [7, 11) is 0. The van der Waals surface area contributed by atoms with Gasteiger partial charge in [0.1, 0.15) is 0 Å². The molecule has 8 heteroatoms. The Morgan fingerprint density at radius 3 is 2.75 bits per heavy atom. The minimum Gasteiger partial charge on any atom is -0.431 e. The zero-order chi connectivity index (χ0) is 15.1. The molecule has 0 aromatic heterocycles. The van der Waals surface area contributed by atoms with E-state index in [4.69, 9.17) is 16.7 Å². The number of ether oxygens (including phenoxy) is 1. The lowest BCUT2D eigenvalue weighted by Gasteiger charge is -2.14. The molecule has 4 nitrogen and oxygen atoms in total. The Bertz CT molecular complexity index is 474. The number of unbranched alkanes of at least 4 members (excludes halogenated alkanes) is 1. The van der Waals surface area contributed by atoms with Gasteiger partial charge in [0.05, 0.1) is 10.2 Å². The number of aliphatic hydroxyl groups is 1. The molecule has 112 valence electrons. The average Bonchev–Trinajstić information content (AvgIpc) is 2.33. The molecule has 0 aliphatic carbocycles. The number of hydrogen-bond acceptors (Lipinski definition) is 3. The van der Waals surface area contributed by atoms with Gasteiger partial charge in [0.15, 0.2) is 5.75 Å². The summed E-state index contributed by atoms with van der Waals surface area (Å²) in [6, 6.07) is 2.72. The van der Waals surface area contributed by atoms with E-state index in [1.807, 2.05) is 0 Å². The molecule has 1 rings (SSSR count). The van der Waals surface area contributed by atoms with Crippen LogP contribution in [0.15, 0.2) is 16.6 Å². The van der Waals surface area contributed by atoms with Gasteiger partial charge >= 0.3 is 6.61 Å². The Balaban J connectivity index is 2.84. The number of rotatable bonds is 7. The maximum absolute atomic E-state index is 12.4. The molecule has 0 aliphatic heterocycles. The van der Waals surface area contributed by atoms with Gasteiger partial charge in [0.2, 0.25) is 5.91 Å². The van der Waals surface area contributed by atoms with Crippen molar-refractivity contribution in [1.29, 1.82) is 0 Å². The molecule has 0 atom stereocenters. The summed E-state index contributed by atoms with van der Waals surface area (Å²) >= 11 is 8.86. The third-order valence-electron chi connectivity index (χ3n) is 2.30. The minimum atomic E-state index is -3.02. The van der Waals surface area contributed by atoms with E-state index >= 15 is 0 Å². The van der Waals surface area contributed by atoms with E-state index in [9.17, 15) is 13.6 Å². The lowest BCUT2D eigenvalue weighted by atomic mass is 10.2. The van der Waals surface area contributed by atoms with E-state index in [-0.39, 0.29) is 39.9 Å². The van der Waals surface area contributed by atoms with Crippen molar-refractivity contribution in [3.05, 3.63) is 21.6 Å². The molecule has 20 heavy (non-hydrogen) atoms. The second kappa shape index (κ2) is 8.39. The fourth-order valence-electron chi connectivity index (χ4n) is 1.47. The Hall–Kier alpha value is -0.920. The van der Waals surface area contributed by atoms with Crippen molar-refractivity contribution in [2.75, 3.05) is 11.9 Å². The van der Waals surface area contributed by atoms with Crippen LogP contribution in [0.4, 0.5) is 14.5 Å². The van der Waals surface area contributed by atoms with Crippen LogP contribution in [0.25, 0.3) is 0 Å². The molecule has 0 heterocycles. The van der Waals surface area contributed by atoms with Gasteiger partial charge in [-0.05, 0) is 40.9 Å². The van der Waals surface area contributed by atoms with Crippen LogP contribution < -0.4 is 10.1 Å². The van der Waals surface area contributed by atoms with Crippen LogP contribution >= 0.6 is 27.5 Å². The molecule has 0 fully saturated rings. The van der Waals surface area contributed by atoms with E-state index in [0.717, 1.165) is 0 Å². The zero-order valence-electron chi connectivity index (χ0n) is 10.3. The summed E-state index contributed by atoms with van der Waals surface area (Å²) in [5, 5.41) is 11.4. The van der Waals surface area contributed by atoms with Gasteiger partial charge in [-0.3, -0.25) is 4.79 Å². The fourth-order valence-corrected chi connectivity index (χ4v) is 2.38. The van der Waals surface area contributed by atoms with Crippen molar-refractivity contribution in [1.82, 2.24) is 0 Å². The molecular formula is C12H13BrClF2NO3. The van der Waals surface area contributed by atoms with E-state index in [1.165, 1.54) is 12.1 Å². The third kappa shape index (κ3) is 5.60. The first kappa shape index (κ1) is 17.1. The summed E-state index contributed by atoms with van der Waals surface area (Å²) < 4.78 is 29.3. The van der Waals surface area contributed by atoms with Crippen LogP contribution in [0, 0.1) is 0 Å². The molecule has 1 aromatic rings. The number of alkyl halides is 2. The van der Waals surface area contributed by atoms with Crippen LogP contribution in [0.1, 0.15) is 19.3 Å². The van der Waals surface area contributed by atoms with Gasteiger partial charge < -0.3 is 15.2 Å². The molecule has 0 saturated heterocycles. The molecule has 2 N–H and O–H groups in total. The Kier molecular flexibility index (Phi) is 7.18.